The van der Waals surface area contributed by atoms with Crippen LogP contribution in [0.25, 0.3) is 0 Å². The van der Waals surface area contributed by atoms with Gasteiger partial charge in [-0.1, -0.05) is 11.6 Å². The molecule has 1 aromatic rings. The summed E-state index contributed by atoms with van der Waals surface area (Å²) in [5, 5.41) is 9.22. The number of ether oxygens (including phenoxy) is 1. The average molecular weight is 187 g/mol. The van der Waals surface area contributed by atoms with Gasteiger partial charge in [0.25, 0.3) is 0 Å². The fraction of sp³-hybridized carbons (Fsp3) is 0.333. The molecular formula is C9H11ClO2. The fourth-order valence-corrected chi connectivity index (χ4v) is 1.16. The summed E-state index contributed by atoms with van der Waals surface area (Å²) in [5.74, 6) is 0.772. The molecule has 0 heterocycles. The van der Waals surface area contributed by atoms with Gasteiger partial charge in [0.05, 0.1) is 6.61 Å². The second kappa shape index (κ2) is 4.33. The van der Waals surface area contributed by atoms with Crippen LogP contribution in [0, 0.1) is 6.92 Å². The van der Waals surface area contributed by atoms with Gasteiger partial charge in [-0.2, -0.15) is 0 Å². The van der Waals surface area contributed by atoms with E-state index in [2.05, 4.69) is 0 Å². The molecule has 0 aliphatic heterocycles. The lowest BCUT2D eigenvalue weighted by molar-refractivity contribution is 0.200. The summed E-state index contributed by atoms with van der Waals surface area (Å²) in [6.07, 6.45) is 0. The number of hydrogen-bond acceptors (Lipinski definition) is 2. The van der Waals surface area contributed by atoms with Gasteiger partial charge < -0.3 is 9.84 Å². The lowest BCUT2D eigenvalue weighted by atomic mass is 10.2. The zero-order chi connectivity index (χ0) is 8.97. The van der Waals surface area contributed by atoms with E-state index in [9.17, 15) is 0 Å². The molecule has 0 saturated carbocycles. The maximum atomic E-state index is 8.52. The minimum Gasteiger partial charge on any atom is -0.491 e. The van der Waals surface area contributed by atoms with Gasteiger partial charge >= 0.3 is 0 Å². The number of rotatable bonds is 3. The van der Waals surface area contributed by atoms with Gasteiger partial charge in [-0.25, -0.2) is 0 Å². The second-order valence-corrected chi connectivity index (χ2v) is 2.92. The summed E-state index contributed by atoms with van der Waals surface area (Å²) in [6, 6.07) is 5.39. The van der Waals surface area contributed by atoms with Crippen molar-refractivity contribution in [1.29, 1.82) is 0 Å². The number of halogens is 1. The van der Waals surface area contributed by atoms with E-state index in [1.165, 1.54) is 0 Å². The van der Waals surface area contributed by atoms with Crippen molar-refractivity contribution in [2.75, 3.05) is 13.2 Å². The predicted molar refractivity (Wildman–Crippen MR) is 48.8 cm³/mol. The topological polar surface area (TPSA) is 29.5 Å². The van der Waals surface area contributed by atoms with Crippen LogP contribution in [-0.2, 0) is 0 Å². The molecule has 0 aliphatic carbocycles. The molecule has 1 aromatic carbocycles. The molecule has 2 nitrogen and oxygen atoms in total. The molecule has 0 fully saturated rings. The Morgan fingerprint density at radius 3 is 2.83 bits per heavy atom. The Labute approximate surface area is 76.7 Å². The standard InChI is InChI=1S/C9H11ClO2/c1-7-6-8(10)2-3-9(7)12-5-4-11/h2-3,6,11H,4-5H2,1H3. The highest BCUT2D eigenvalue weighted by Gasteiger charge is 1.98. The first kappa shape index (κ1) is 9.36. The summed E-state index contributed by atoms with van der Waals surface area (Å²) in [7, 11) is 0. The number of hydrogen-bond donors (Lipinski definition) is 1. The number of aliphatic hydroxyl groups excluding tert-OH is 1. The zero-order valence-corrected chi connectivity index (χ0v) is 7.64. The van der Waals surface area contributed by atoms with Crippen LogP contribution in [-0.4, -0.2) is 18.3 Å². The van der Waals surface area contributed by atoms with Crippen molar-refractivity contribution in [2.24, 2.45) is 0 Å². The molecule has 12 heavy (non-hydrogen) atoms. The smallest absolute Gasteiger partial charge is 0.122 e. The third-order valence-corrected chi connectivity index (χ3v) is 1.72. The second-order valence-electron chi connectivity index (χ2n) is 2.48. The molecule has 0 atom stereocenters. The van der Waals surface area contributed by atoms with E-state index >= 15 is 0 Å². The first-order chi connectivity index (χ1) is 5.74. The third-order valence-electron chi connectivity index (χ3n) is 1.49. The Hall–Kier alpha value is -0.730. The van der Waals surface area contributed by atoms with Crippen LogP contribution >= 0.6 is 11.6 Å². The van der Waals surface area contributed by atoms with Gasteiger partial charge in [0, 0.05) is 5.02 Å². The maximum Gasteiger partial charge on any atom is 0.122 e. The Balaban J connectivity index is 2.72. The van der Waals surface area contributed by atoms with E-state index in [1.807, 2.05) is 13.0 Å². The highest BCUT2D eigenvalue weighted by molar-refractivity contribution is 6.30. The van der Waals surface area contributed by atoms with Crippen molar-refractivity contribution in [1.82, 2.24) is 0 Å². The van der Waals surface area contributed by atoms with E-state index in [1.54, 1.807) is 12.1 Å². The van der Waals surface area contributed by atoms with Crippen molar-refractivity contribution in [2.45, 2.75) is 6.92 Å². The predicted octanol–water partition coefficient (Wildman–Crippen LogP) is 2.02. The lowest BCUT2D eigenvalue weighted by Gasteiger charge is -2.06. The van der Waals surface area contributed by atoms with Gasteiger partial charge in [-0.15, -0.1) is 0 Å². The molecule has 0 aromatic heterocycles. The molecular weight excluding hydrogens is 176 g/mol. The maximum absolute atomic E-state index is 8.52. The third kappa shape index (κ3) is 2.40. The van der Waals surface area contributed by atoms with E-state index in [4.69, 9.17) is 21.4 Å². The molecule has 1 N–H and O–H groups in total. The van der Waals surface area contributed by atoms with Crippen LogP contribution in [0.2, 0.25) is 5.02 Å². The number of aliphatic hydroxyl groups is 1. The molecule has 0 aliphatic rings. The van der Waals surface area contributed by atoms with E-state index < -0.39 is 0 Å². The summed E-state index contributed by atoms with van der Waals surface area (Å²) >= 11 is 5.75. The van der Waals surface area contributed by atoms with E-state index in [0.717, 1.165) is 11.3 Å². The van der Waals surface area contributed by atoms with Crippen molar-refractivity contribution >= 4 is 11.6 Å². The Morgan fingerprint density at radius 2 is 2.25 bits per heavy atom. The van der Waals surface area contributed by atoms with Gasteiger partial charge in [-0.3, -0.25) is 0 Å². The van der Waals surface area contributed by atoms with Crippen LogP contribution in [0.5, 0.6) is 5.75 Å². The van der Waals surface area contributed by atoms with Crippen molar-refractivity contribution in [3.63, 3.8) is 0 Å². The fourth-order valence-electron chi connectivity index (χ4n) is 0.930. The summed E-state index contributed by atoms with van der Waals surface area (Å²) in [4.78, 5) is 0. The normalized spacial score (nSPS) is 9.92. The summed E-state index contributed by atoms with van der Waals surface area (Å²) in [5.41, 5.74) is 0.982. The molecule has 3 heteroatoms. The average Bonchev–Trinajstić information content (AvgIpc) is 2.03. The van der Waals surface area contributed by atoms with Crippen LogP contribution < -0.4 is 4.74 Å². The minimum atomic E-state index is 0.0298. The lowest BCUT2D eigenvalue weighted by Crippen LogP contribution is -2.02. The van der Waals surface area contributed by atoms with Crippen LogP contribution in [0.15, 0.2) is 18.2 Å². The van der Waals surface area contributed by atoms with Crippen molar-refractivity contribution in [3.05, 3.63) is 28.8 Å². The number of benzene rings is 1. The molecule has 0 amide bonds. The Morgan fingerprint density at radius 1 is 1.50 bits per heavy atom. The van der Waals surface area contributed by atoms with Gasteiger partial charge in [0.1, 0.15) is 12.4 Å². The zero-order valence-electron chi connectivity index (χ0n) is 6.88. The quantitative estimate of drug-likeness (QED) is 0.783. The monoisotopic (exact) mass is 186 g/mol. The summed E-state index contributed by atoms with van der Waals surface area (Å²) < 4.78 is 5.23. The molecule has 0 saturated heterocycles. The van der Waals surface area contributed by atoms with Crippen LogP contribution in [0.3, 0.4) is 0 Å². The van der Waals surface area contributed by atoms with E-state index in [-0.39, 0.29) is 6.61 Å². The molecule has 0 radical (unpaired) electrons. The largest absolute Gasteiger partial charge is 0.491 e. The summed E-state index contributed by atoms with van der Waals surface area (Å²) in [6.45, 7) is 2.27. The van der Waals surface area contributed by atoms with Gasteiger partial charge in [0.15, 0.2) is 0 Å². The first-order valence-electron chi connectivity index (χ1n) is 3.74. The molecule has 66 valence electrons. The van der Waals surface area contributed by atoms with Crippen LogP contribution in [0.1, 0.15) is 5.56 Å². The molecule has 0 spiro atoms. The number of aryl methyl sites for hydroxylation is 1. The minimum absolute atomic E-state index is 0.0298. The molecule has 1 rings (SSSR count). The highest BCUT2D eigenvalue weighted by Crippen LogP contribution is 2.21. The van der Waals surface area contributed by atoms with E-state index in [0.29, 0.717) is 11.6 Å². The van der Waals surface area contributed by atoms with Crippen molar-refractivity contribution in [3.8, 4) is 5.75 Å². The first-order valence-corrected chi connectivity index (χ1v) is 4.11. The SMILES string of the molecule is Cc1cc(Cl)ccc1OCCO. The van der Waals surface area contributed by atoms with Crippen LogP contribution in [0.4, 0.5) is 0 Å². The Kier molecular flexibility index (Phi) is 3.38. The van der Waals surface area contributed by atoms with Gasteiger partial charge in [-0.05, 0) is 30.7 Å². The molecule has 0 bridgehead atoms. The van der Waals surface area contributed by atoms with Crippen molar-refractivity contribution < 1.29 is 9.84 Å². The van der Waals surface area contributed by atoms with Gasteiger partial charge in [0.2, 0.25) is 0 Å². The highest BCUT2D eigenvalue weighted by atomic mass is 35.5. The Bertz CT molecular complexity index is 261. The molecule has 0 unspecified atom stereocenters.